The van der Waals surface area contributed by atoms with E-state index in [4.69, 9.17) is 0 Å². The highest BCUT2D eigenvalue weighted by atomic mass is 15.1. The zero-order valence-electron chi connectivity index (χ0n) is 36.4. The Labute approximate surface area is 387 Å². The Balaban J connectivity index is 1.09. The van der Waals surface area contributed by atoms with E-state index >= 15 is 0 Å². The average Bonchev–Trinajstić information content (AvgIpc) is 3.71. The lowest BCUT2D eigenvalue weighted by atomic mass is 9.68. The molecule has 0 saturated carbocycles. The average molecular weight is 840 g/mol. The van der Waals surface area contributed by atoms with Crippen LogP contribution in [0.15, 0.2) is 273 Å². The molecule has 310 valence electrons. The van der Waals surface area contributed by atoms with Crippen LogP contribution in [-0.4, -0.2) is 0 Å². The van der Waals surface area contributed by atoms with E-state index < -0.39 is 5.41 Å². The highest BCUT2D eigenvalue weighted by molar-refractivity contribution is 6.01. The quantitative estimate of drug-likeness (QED) is 0.140. The summed E-state index contributed by atoms with van der Waals surface area (Å²) in [6.07, 6.45) is 0. The molecule has 0 unspecified atom stereocenters. The Morgan fingerprint density at radius 1 is 0.258 bits per heavy atom. The largest absolute Gasteiger partial charge is 0.309 e. The fourth-order valence-corrected chi connectivity index (χ4v) is 10.6. The summed E-state index contributed by atoms with van der Waals surface area (Å²) in [5, 5.41) is 2.50. The molecule has 0 saturated heterocycles. The molecule has 11 aromatic rings. The van der Waals surface area contributed by atoms with E-state index in [-0.39, 0.29) is 0 Å². The minimum atomic E-state index is -0.538. The molecule has 12 rings (SSSR count). The Morgan fingerprint density at radius 2 is 0.742 bits per heavy atom. The third-order valence-electron chi connectivity index (χ3n) is 13.6. The van der Waals surface area contributed by atoms with Gasteiger partial charge in [-0.1, -0.05) is 243 Å². The van der Waals surface area contributed by atoms with Gasteiger partial charge in [-0.05, 0) is 108 Å². The van der Waals surface area contributed by atoms with Gasteiger partial charge in [0.25, 0.3) is 0 Å². The van der Waals surface area contributed by atoms with E-state index in [9.17, 15) is 0 Å². The van der Waals surface area contributed by atoms with Gasteiger partial charge in [0.05, 0.1) is 16.8 Å². The zero-order chi connectivity index (χ0) is 43.9. The lowest BCUT2D eigenvalue weighted by molar-refractivity contribution is 0.768. The van der Waals surface area contributed by atoms with Gasteiger partial charge >= 0.3 is 0 Å². The molecule has 0 radical (unpaired) electrons. The molecule has 11 aromatic carbocycles. The SMILES string of the molecule is c1ccc(-c2ccccc2-c2ccccc2N(c2cccc(-c3ccc(-c4ccc5ccccc5c4)cc3)c2)c2cccc3c2-c2ccccc2C3(c2ccccc2)c2ccccc2)cc1. The van der Waals surface area contributed by atoms with E-state index in [1.165, 1.54) is 77.5 Å². The molecule has 0 N–H and O–H groups in total. The predicted octanol–water partition coefficient (Wildman–Crippen LogP) is 17.3. The highest BCUT2D eigenvalue weighted by Crippen LogP contribution is 2.60. The van der Waals surface area contributed by atoms with Gasteiger partial charge in [-0.15, -0.1) is 0 Å². The van der Waals surface area contributed by atoms with Crippen molar-refractivity contribution in [3.8, 4) is 55.6 Å². The third kappa shape index (κ3) is 6.56. The van der Waals surface area contributed by atoms with Crippen molar-refractivity contribution in [1.82, 2.24) is 0 Å². The first-order valence-electron chi connectivity index (χ1n) is 22.8. The van der Waals surface area contributed by atoms with Gasteiger partial charge in [-0.2, -0.15) is 0 Å². The van der Waals surface area contributed by atoms with Crippen LogP contribution in [0.1, 0.15) is 22.3 Å². The standard InChI is InChI=1S/C65H45N/c1-4-21-49(22-5-1)56-30-12-13-31-57(56)58-32-15-17-36-62(58)66(55-29-18-24-51(45-55)47-38-40-48(41-39-47)52-43-42-46-20-10-11-23-50(46)44-52)63-37-19-35-61-64(63)59-33-14-16-34-60(59)65(61,53-25-6-2-7-26-53)54-27-8-3-9-28-54/h1-45H. The summed E-state index contributed by atoms with van der Waals surface area (Å²) in [7, 11) is 0. The smallest absolute Gasteiger partial charge is 0.0714 e. The van der Waals surface area contributed by atoms with Gasteiger partial charge in [0.1, 0.15) is 0 Å². The maximum atomic E-state index is 2.52. The molecule has 0 fully saturated rings. The Bertz CT molecular complexity index is 3480. The number of hydrogen-bond donors (Lipinski definition) is 0. The minimum Gasteiger partial charge on any atom is -0.309 e. The normalized spacial score (nSPS) is 12.4. The number of anilines is 3. The van der Waals surface area contributed by atoms with E-state index in [0.29, 0.717) is 0 Å². The molecule has 1 heteroatoms. The first-order chi connectivity index (χ1) is 32.8. The molecule has 66 heavy (non-hydrogen) atoms. The molecule has 1 aliphatic carbocycles. The predicted molar refractivity (Wildman–Crippen MR) is 278 cm³/mol. The van der Waals surface area contributed by atoms with Crippen molar-refractivity contribution in [2.24, 2.45) is 0 Å². The molecular weight excluding hydrogens is 795 g/mol. The van der Waals surface area contributed by atoms with Crippen molar-refractivity contribution in [2.75, 3.05) is 4.90 Å². The number of benzene rings is 11. The van der Waals surface area contributed by atoms with E-state index in [1.54, 1.807) is 0 Å². The van der Waals surface area contributed by atoms with Gasteiger partial charge in [0, 0.05) is 16.8 Å². The molecule has 0 aliphatic heterocycles. The van der Waals surface area contributed by atoms with Crippen LogP contribution in [0.4, 0.5) is 17.1 Å². The number of rotatable bonds is 9. The first-order valence-corrected chi connectivity index (χ1v) is 22.8. The number of para-hydroxylation sites is 1. The fourth-order valence-electron chi connectivity index (χ4n) is 10.6. The van der Waals surface area contributed by atoms with Gasteiger partial charge in [0.2, 0.25) is 0 Å². The van der Waals surface area contributed by atoms with Crippen LogP contribution in [-0.2, 0) is 5.41 Å². The molecule has 1 aliphatic rings. The first kappa shape index (κ1) is 39.1. The van der Waals surface area contributed by atoms with E-state index in [2.05, 4.69) is 278 Å². The van der Waals surface area contributed by atoms with Crippen molar-refractivity contribution in [3.05, 3.63) is 295 Å². The second-order valence-electron chi connectivity index (χ2n) is 17.2. The van der Waals surface area contributed by atoms with Gasteiger partial charge in [-0.25, -0.2) is 0 Å². The summed E-state index contributed by atoms with van der Waals surface area (Å²) >= 11 is 0. The van der Waals surface area contributed by atoms with Crippen LogP contribution in [0, 0.1) is 0 Å². The molecule has 0 amide bonds. The molecular formula is C65H45N. The van der Waals surface area contributed by atoms with Crippen LogP contribution < -0.4 is 4.90 Å². The minimum absolute atomic E-state index is 0.538. The number of nitrogens with zero attached hydrogens (tertiary/aromatic N) is 1. The van der Waals surface area contributed by atoms with Crippen molar-refractivity contribution < 1.29 is 0 Å². The molecule has 0 spiro atoms. The number of hydrogen-bond acceptors (Lipinski definition) is 1. The highest BCUT2D eigenvalue weighted by Gasteiger charge is 2.47. The molecule has 0 bridgehead atoms. The van der Waals surface area contributed by atoms with Crippen molar-refractivity contribution in [1.29, 1.82) is 0 Å². The third-order valence-corrected chi connectivity index (χ3v) is 13.6. The second-order valence-corrected chi connectivity index (χ2v) is 17.2. The van der Waals surface area contributed by atoms with Crippen LogP contribution in [0.3, 0.4) is 0 Å². The van der Waals surface area contributed by atoms with Gasteiger partial charge in [0.15, 0.2) is 0 Å². The summed E-state index contributed by atoms with van der Waals surface area (Å²) in [5.41, 5.74) is 19.8. The molecule has 0 heterocycles. The summed E-state index contributed by atoms with van der Waals surface area (Å²) in [5.74, 6) is 0. The molecule has 0 aromatic heterocycles. The Kier molecular flexibility index (Phi) is 9.81. The van der Waals surface area contributed by atoms with Crippen LogP contribution >= 0.6 is 0 Å². The molecule has 1 nitrogen and oxygen atoms in total. The van der Waals surface area contributed by atoms with Crippen LogP contribution in [0.2, 0.25) is 0 Å². The zero-order valence-corrected chi connectivity index (χ0v) is 36.4. The number of fused-ring (bicyclic) bond motifs is 4. The van der Waals surface area contributed by atoms with Crippen molar-refractivity contribution in [3.63, 3.8) is 0 Å². The van der Waals surface area contributed by atoms with E-state index in [1.807, 2.05) is 0 Å². The van der Waals surface area contributed by atoms with Gasteiger partial charge < -0.3 is 4.90 Å². The van der Waals surface area contributed by atoms with Crippen molar-refractivity contribution >= 4 is 27.8 Å². The van der Waals surface area contributed by atoms with E-state index in [0.717, 1.165) is 28.2 Å². The maximum absolute atomic E-state index is 2.52. The van der Waals surface area contributed by atoms with Crippen LogP contribution in [0.25, 0.3) is 66.4 Å². The summed E-state index contributed by atoms with van der Waals surface area (Å²) in [4.78, 5) is 2.52. The lowest BCUT2D eigenvalue weighted by Crippen LogP contribution is -2.28. The Morgan fingerprint density at radius 3 is 1.45 bits per heavy atom. The summed E-state index contributed by atoms with van der Waals surface area (Å²) in [6, 6.07) is 100. The summed E-state index contributed by atoms with van der Waals surface area (Å²) in [6.45, 7) is 0. The lowest BCUT2D eigenvalue weighted by Gasteiger charge is -2.34. The van der Waals surface area contributed by atoms with Crippen molar-refractivity contribution in [2.45, 2.75) is 5.41 Å². The van der Waals surface area contributed by atoms with Crippen LogP contribution in [0.5, 0.6) is 0 Å². The Hall–Kier alpha value is -8.52. The molecule has 0 atom stereocenters. The monoisotopic (exact) mass is 839 g/mol. The van der Waals surface area contributed by atoms with Gasteiger partial charge in [-0.3, -0.25) is 0 Å². The fraction of sp³-hybridized carbons (Fsp3) is 0.0154. The topological polar surface area (TPSA) is 3.24 Å². The second kappa shape index (κ2) is 16.6. The maximum Gasteiger partial charge on any atom is 0.0714 e. The summed E-state index contributed by atoms with van der Waals surface area (Å²) < 4.78 is 0.